The molecule has 1 aliphatic rings. The lowest BCUT2D eigenvalue weighted by molar-refractivity contribution is 0.0799. The second-order valence-corrected chi connectivity index (χ2v) is 5.51. The van der Waals surface area contributed by atoms with Crippen molar-refractivity contribution < 1.29 is 4.74 Å². The minimum absolute atomic E-state index is 0.0550. The second-order valence-electron chi connectivity index (χ2n) is 5.51. The van der Waals surface area contributed by atoms with Crippen LogP contribution >= 0.6 is 0 Å². The number of benzene rings is 1. The lowest BCUT2D eigenvalue weighted by Crippen LogP contribution is -2.39. The highest BCUT2D eigenvalue weighted by atomic mass is 16.5. The normalized spacial score (nSPS) is 21.3. The van der Waals surface area contributed by atoms with Gasteiger partial charge in [0, 0.05) is 12.6 Å². The van der Waals surface area contributed by atoms with Crippen LogP contribution in [0.1, 0.15) is 38.6 Å². The summed E-state index contributed by atoms with van der Waals surface area (Å²) in [6.45, 7) is 5.10. The van der Waals surface area contributed by atoms with E-state index >= 15 is 0 Å². The van der Waals surface area contributed by atoms with Gasteiger partial charge in [-0.05, 0) is 49.2 Å². The van der Waals surface area contributed by atoms with Gasteiger partial charge in [0.05, 0.1) is 17.8 Å². The maximum Gasteiger partial charge on any atom is 0.173 e. The van der Waals surface area contributed by atoms with Crippen LogP contribution in [-0.4, -0.2) is 39.0 Å². The molecule has 0 bridgehead atoms. The van der Waals surface area contributed by atoms with Crippen molar-refractivity contribution in [3.63, 3.8) is 0 Å². The van der Waals surface area contributed by atoms with E-state index < -0.39 is 0 Å². The molecule has 1 aromatic carbocycles. The number of hydrogen-bond acceptors (Lipinski definition) is 5. The van der Waals surface area contributed by atoms with Gasteiger partial charge < -0.3 is 10.1 Å². The van der Waals surface area contributed by atoms with Crippen LogP contribution in [0.2, 0.25) is 0 Å². The number of nitrogens with zero attached hydrogens (tertiary/aromatic N) is 4. The summed E-state index contributed by atoms with van der Waals surface area (Å²) in [7, 11) is 0. The Labute approximate surface area is 124 Å². The number of rotatable bonds is 5. The standard InChI is InChI=1S/C15H21N5O/c1-11(14-9-6-10-21-14)16-12(2)15-17-18-19-20(15)13-7-4-3-5-8-13/h3-5,7-8,11-12,14,16H,6,9-10H2,1-2H3/t11-,12-,14+/m0/s1. The predicted octanol–water partition coefficient (Wildman–Crippen LogP) is 1.88. The molecule has 0 aliphatic carbocycles. The highest BCUT2D eigenvalue weighted by molar-refractivity contribution is 5.30. The van der Waals surface area contributed by atoms with E-state index in [0.717, 1.165) is 31.0 Å². The summed E-state index contributed by atoms with van der Waals surface area (Å²) in [5.74, 6) is 0.811. The van der Waals surface area contributed by atoms with Gasteiger partial charge in [0.1, 0.15) is 0 Å². The van der Waals surface area contributed by atoms with Gasteiger partial charge in [-0.2, -0.15) is 4.68 Å². The summed E-state index contributed by atoms with van der Waals surface area (Å²) in [6.07, 6.45) is 2.55. The molecule has 0 unspecified atom stereocenters. The quantitative estimate of drug-likeness (QED) is 0.909. The fourth-order valence-electron chi connectivity index (χ4n) is 2.79. The molecule has 1 saturated heterocycles. The smallest absolute Gasteiger partial charge is 0.173 e. The number of hydrogen-bond donors (Lipinski definition) is 1. The summed E-state index contributed by atoms with van der Waals surface area (Å²) in [5, 5.41) is 15.6. The van der Waals surface area contributed by atoms with Crippen molar-refractivity contribution in [2.45, 2.75) is 44.9 Å². The number of nitrogens with one attached hydrogen (secondary N) is 1. The van der Waals surface area contributed by atoms with Crippen LogP contribution < -0.4 is 5.32 Å². The van der Waals surface area contributed by atoms with Gasteiger partial charge in [0.25, 0.3) is 0 Å². The molecule has 1 fully saturated rings. The summed E-state index contributed by atoms with van der Waals surface area (Å²) >= 11 is 0. The van der Waals surface area contributed by atoms with E-state index in [1.807, 2.05) is 30.3 Å². The SMILES string of the molecule is C[C@H](N[C@@H](C)[C@H]1CCCO1)c1nnnn1-c1ccccc1. The maximum absolute atomic E-state index is 5.73. The molecule has 2 heterocycles. The van der Waals surface area contributed by atoms with E-state index in [1.54, 1.807) is 4.68 Å². The second kappa shape index (κ2) is 6.32. The van der Waals surface area contributed by atoms with Gasteiger partial charge in [0.2, 0.25) is 0 Å². The van der Waals surface area contributed by atoms with Crippen molar-refractivity contribution in [1.82, 2.24) is 25.5 Å². The predicted molar refractivity (Wildman–Crippen MR) is 79.1 cm³/mol. The third kappa shape index (κ3) is 3.11. The molecule has 0 saturated carbocycles. The van der Waals surface area contributed by atoms with Gasteiger partial charge in [-0.25, -0.2) is 0 Å². The molecule has 21 heavy (non-hydrogen) atoms. The monoisotopic (exact) mass is 287 g/mol. The molecule has 2 aromatic rings. The van der Waals surface area contributed by atoms with Gasteiger partial charge in [-0.1, -0.05) is 18.2 Å². The molecule has 6 heteroatoms. The van der Waals surface area contributed by atoms with Crippen LogP contribution in [0.15, 0.2) is 30.3 Å². The molecule has 0 amide bonds. The van der Waals surface area contributed by atoms with E-state index in [2.05, 4.69) is 34.7 Å². The van der Waals surface area contributed by atoms with E-state index in [9.17, 15) is 0 Å². The Morgan fingerprint density at radius 1 is 1.29 bits per heavy atom. The first-order valence-corrected chi connectivity index (χ1v) is 7.47. The Morgan fingerprint density at radius 2 is 2.10 bits per heavy atom. The third-order valence-electron chi connectivity index (χ3n) is 3.92. The molecular formula is C15H21N5O. The Morgan fingerprint density at radius 3 is 2.81 bits per heavy atom. The highest BCUT2D eigenvalue weighted by Crippen LogP contribution is 2.19. The van der Waals surface area contributed by atoms with E-state index in [1.165, 1.54) is 0 Å². The summed E-state index contributed by atoms with van der Waals surface area (Å²) in [5.41, 5.74) is 0.968. The molecule has 112 valence electrons. The molecular weight excluding hydrogens is 266 g/mol. The fourth-order valence-corrected chi connectivity index (χ4v) is 2.79. The first-order chi connectivity index (χ1) is 10.3. The molecule has 6 nitrogen and oxygen atoms in total. The molecule has 3 atom stereocenters. The van der Waals surface area contributed by atoms with Gasteiger partial charge in [0.15, 0.2) is 5.82 Å². The van der Waals surface area contributed by atoms with Crippen molar-refractivity contribution in [2.75, 3.05) is 6.61 Å². The van der Waals surface area contributed by atoms with Crippen molar-refractivity contribution in [3.05, 3.63) is 36.2 Å². The number of para-hydroxylation sites is 1. The largest absolute Gasteiger partial charge is 0.377 e. The van der Waals surface area contributed by atoms with Crippen LogP contribution in [0.5, 0.6) is 0 Å². The fraction of sp³-hybridized carbons (Fsp3) is 0.533. The van der Waals surface area contributed by atoms with Gasteiger partial charge in [-0.3, -0.25) is 0 Å². The highest BCUT2D eigenvalue weighted by Gasteiger charge is 2.25. The minimum Gasteiger partial charge on any atom is -0.377 e. The lowest BCUT2D eigenvalue weighted by atomic mass is 10.1. The van der Waals surface area contributed by atoms with E-state index in [4.69, 9.17) is 4.74 Å². The van der Waals surface area contributed by atoms with E-state index in [0.29, 0.717) is 0 Å². The third-order valence-corrected chi connectivity index (χ3v) is 3.92. The first-order valence-electron chi connectivity index (χ1n) is 7.47. The van der Waals surface area contributed by atoms with Crippen LogP contribution in [0.25, 0.3) is 5.69 Å². The number of aromatic nitrogens is 4. The van der Waals surface area contributed by atoms with Crippen molar-refractivity contribution in [3.8, 4) is 5.69 Å². The topological polar surface area (TPSA) is 64.9 Å². The zero-order chi connectivity index (χ0) is 14.7. The van der Waals surface area contributed by atoms with Crippen molar-refractivity contribution >= 4 is 0 Å². The van der Waals surface area contributed by atoms with Gasteiger partial charge >= 0.3 is 0 Å². The molecule has 1 aromatic heterocycles. The van der Waals surface area contributed by atoms with Crippen LogP contribution in [0, 0.1) is 0 Å². The molecule has 1 aliphatic heterocycles. The van der Waals surface area contributed by atoms with Crippen molar-refractivity contribution in [2.24, 2.45) is 0 Å². The number of ether oxygens (including phenoxy) is 1. The lowest BCUT2D eigenvalue weighted by Gasteiger charge is -2.23. The summed E-state index contributed by atoms with van der Waals surface area (Å²) < 4.78 is 7.50. The average molecular weight is 287 g/mol. The minimum atomic E-state index is 0.0550. The van der Waals surface area contributed by atoms with Crippen LogP contribution in [0.4, 0.5) is 0 Å². The maximum atomic E-state index is 5.73. The molecule has 3 rings (SSSR count). The Kier molecular flexibility index (Phi) is 4.26. The Bertz CT molecular complexity index is 564. The zero-order valence-electron chi connectivity index (χ0n) is 12.4. The Balaban J connectivity index is 1.73. The van der Waals surface area contributed by atoms with Crippen LogP contribution in [0.3, 0.4) is 0 Å². The molecule has 0 spiro atoms. The van der Waals surface area contributed by atoms with Gasteiger partial charge in [-0.15, -0.1) is 5.10 Å². The summed E-state index contributed by atoms with van der Waals surface area (Å²) in [4.78, 5) is 0. The van der Waals surface area contributed by atoms with Crippen molar-refractivity contribution in [1.29, 1.82) is 0 Å². The number of tetrazole rings is 1. The molecule has 1 N–H and O–H groups in total. The first kappa shape index (κ1) is 14.2. The summed E-state index contributed by atoms with van der Waals surface area (Å²) in [6, 6.07) is 10.3. The average Bonchev–Trinajstić information content (AvgIpc) is 3.19. The zero-order valence-corrected chi connectivity index (χ0v) is 12.4. The van der Waals surface area contributed by atoms with Crippen LogP contribution in [-0.2, 0) is 4.74 Å². The van der Waals surface area contributed by atoms with E-state index in [-0.39, 0.29) is 18.2 Å². The molecule has 0 radical (unpaired) electrons. The Hall–Kier alpha value is -1.79.